The second kappa shape index (κ2) is 4.66. The minimum Gasteiger partial charge on any atom is -0.255 e. The molecule has 0 aromatic carbocycles. The summed E-state index contributed by atoms with van der Waals surface area (Å²) < 4.78 is 0. The quantitative estimate of drug-likeness (QED) is 0.794. The molecule has 0 radical (unpaired) electrons. The van der Waals surface area contributed by atoms with Gasteiger partial charge < -0.3 is 0 Å². The number of rotatable bonds is 3. The molecule has 0 aliphatic rings. The molecular weight excluding hydrogens is 208 g/mol. The Labute approximate surface area is 103 Å². The van der Waals surface area contributed by atoms with E-state index in [0.29, 0.717) is 0 Å². The van der Waals surface area contributed by atoms with Crippen LogP contribution >= 0.6 is 0 Å². The van der Waals surface area contributed by atoms with Gasteiger partial charge in [0.1, 0.15) is 0 Å². The van der Waals surface area contributed by atoms with Crippen molar-refractivity contribution in [2.24, 2.45) is 0 Å². The number of nitrogens with zero attached hydrogens (tertiary/aromatic N) is 2. The van der Waals surface area contributed by atoms with Crippen molar-refractivity contribution in [3.8, 4) is 11.4 Å². The van der Waals surface area contributed by atoms with Crippen molar-refractivity contribution in [2.75, 3.05) is 0 Å². The largest absolute Gasteiger partial charge is 0.255 e. The first-order chi connectivity index (χ1) is 8.13. The lowest BCUT2D eigenvalue weighted by molar-refractivity contribution is 0.506. The molecule has 0 aliphatic carbocycles. The number of pyridine rings is 2. The predicted octanol–water partition coefficient (Wildman–Crippen LogP) is 3.83. The summed E-state index contributed by atoms with van der Waals surface area (Å²) in [5.41, 5.74) is 3.38. The Balaban J connectivity index is 2.42. The third kappa shape index (κ3) is 2.52. The SMILES string of the molecule is CCC(C)(C)c1ccnc(-c2ccccn2)c1. The smallest absolute Gasteiger partial charge is 0.0889 e. The highest BCUT2D eigenvalue weighted by atomic mass is 14.8. The van der Waals surface area contributed by atoms with Crippen LogP contribution in [0.1, 0.15) is 32.8 Å². The fourth-order valence-corrected chi connectivity index (χ4v) is 1.71. The zero-order chi connectivity index (χ0) is 12.3. The molecule has 88 valence electrons. The Kier molecular flexibility index (Phi) is 3.23. The van der Waals surface area contributed by atoms with Crippen LogP contribution in [-0.4, -0.2) is 9.97 Å². The predicted molar refractivity (Wildman–Crippen MR) is 70.8 cm³/mol. The van der Waals surface area contributed by atoms with Crippen LogP contribution in [0.5, 0.6) is 0 Å². The first kappa shape index (κ1) is 11.8. The maximum Gasteiger partial charge on any atom is 0.0889 e. The van der Waals surface area contributed by atoms with E-state index in [0.717, 1.165) is 17.8 Å². The minimum absolute atomic E-state index is 0.187. The molecule has 0 atom stereocenters. The van der Waals surface area contributed by atoms with E-state index >= 15 is 0 Å². The second-order valence-electron chi connectivity index (χ2n) is 4.88. The molecule has 0 spiro atoms. The van der Waals surface area contributed by atoms with Gasteiger partial charge in [0.05, 0.1) is 11.4 Å². The van der Waals surface area contributed by atoms with Gasteiger partial charge in [0, 0.05) is 12.4 Å². The Morgan fingerprint density at radius 2 is 1.76 bits per heavy atom. The molecule has 17 heavy (non-hydrogen) atoms. The maximum atomic E-state index is 4.39. The molecule has 2 aromatic heterocycles. The number of hydrogen-bond acceptors (Lipinski definition) is 2. The summed E-state index contributed by atoms with van der Waals surface area (Å²) in [6.07, 6.45) is 4.78. The molecule has 0 fully saturated rings. The Morgan fingerprint density at radius 3 is 2.41 bits per heavy atom. The first-order valence-corrected chi connectivity index (χ1v) is 6.01. The lowest BCUT2D eigenvalue weighted by Crippen LogP contribution is -2.15. The summed E-state index contributed by atoms with van der Waals surface area (Å²) in [5.74, 6) is 0. The van der Waals surface area contributed by atoms with Crippen LogP contribution in [0.3, 0.4) is 0 Å². The molecule has 2 nitrogen and oxygen atoms in total. The van der Waals surface area contributed by atoms with E-state index in [1.165, 1.54) is 5.56 Å². The van der Waals surface area contributed by atoms with Gasteiger partial charge in [-0.3, -0.25) is 9.97 Å². The number of aromatic nitrogens is 2. The summed E-state index contributed by atoms with van der Waals surface area (Å²) in [7, 11) is 0. The Morgan fingerprint density at radius 1 is 1.00 bits per heavy atom. The average Bonchev–Trinajstić information content (AvgIpc) is 2.40. The van der Waals surface area contributed by atoms with Crippen LogP contribution in [-0.2, 0) is 5.41 Å². The molecule has 0 saturated heterocycles. The van der Waals surface area contributed by atoms with Crippen molar-refractivity contribution in [3.63, 3.8) is 0 Å². The lowest BCUT2D eigenvalue weighted by atomic mass is 9.82. The van der Waals surface area contributed by atoms with Crippen LogP contribution in [0.15, 0.2) is 42.7 Å². The molecular formula is C15H18N2. The summed E-state index contributed by atoms with van der Waals surface area (Å²) in [5, 5.41) is 0. The van der Waals surface area contributed by atoms with E-state index in [1.807, 2.05) is 24.4 Å². The summed E-state index contributed by atoms with van der Waals surface area (Å²) in [4.78, 5) is 8.73. The first-order valence-electron chi connectivity index (χ1n) is 6.01. The van der Waals surface area contributed by atoms with Crippen LogP contribution in [0.25, 0.3) is 11.4 Å². The van der Waals surface area contributed by atoms with Crippen molar-refractivity contribution in [2.45, 2.75) is 32.6 Å². The van der Waals surface area contributed by atoms with Crippen molar-refractivity contribution < 1.29 is 0 Å². The molecule has 0 saturated carbocycles. The normalized spacial score (nSPS) is 11.5. The lowest BCUT2D eigenvalue weighted by Gasteiger charge is -2.23. The van der Waals surface area contributed by atoms with Crippen molar-refractivity contribution in [3.05, 3.63) is 48.3 Å². The van der Waals surface area contributed by atoms with E-state index < -0.39 is 0 Å². The van der Waals surface area contributed by atoms with Crippen LogP contribution in [0, 0.1) is 0 Å². The van der Waals surface area contributed by atoms with Gasteiger partial charge in [0.2, 0.25) is 0 Å². The van der Waals surface area contributed by atoms with Crippen molar-refractivity contribution >= 4 is 0 Å². The Bertz CT molecular complexity index is 489. The zero-order valence-corrected chi connectivity index (χ0v) is 10.6. The molecule has 2 aromatic rings. The van der Waals surface area contributed by atoms with E-state index in [1.54, 1.807) is 6.20 Å². The monoisotopic (exact) mass is 226 g/mol. The van der Waals surface area contributed by atoms with Gasteiger partial charge in [-0.05, 0) is 41.7 Å². The van der Waals surface area contributed by atoms with E-state index in [-0.39, 0.29) is 5.41 Å². The molecule has 0 unspecified atom stereocenters. The summed E-state index contributed by atoms with van der Waals surface area (Å²) in [6, 6.07) is 10.1. The fourth-order valence-electron chi connectivity index (χ4n) is 1.71. The molecule has 0 amide bonds. The molecule has 0 N–H and O–H groups in total. The summed E-state index contributed by atoms with van der Waals surface area (Å²) >= 11 is 0. The van der Waals surface area contributed by atoms with Gasteiger partial charge in [-0.2, -0.15) is 0 Å². The average molecular weight is 226 g/mol. The third-order valence-corrected chi connectivity index (χ3v) is 3.35. The highest BCUT2D eigenvalue weighted by molar-refractivity contribution is 5.55. The van der Waals surface area contributed by atoms with Crippen LogP contribution < -0.4 is 0 Å². The molecule has 0 aliphatic heterocycles. The fraction of sp³-hybridized carbons (Fsp3) is 0.333. The molecule has 2 rings (SSSR count). The standard InChI is InChI=1S/C15H18N2/c1-4-15(2,3)12-8-10-17-14(11-12)13-7-5-6-9-16-13/h5-11H,4H2,1-3H3. The van der Waals surface area contributed by atoms with Gasteiger partial charge in [0.15, 0.2) is 0 Å². The maximum absolute atomic E-state index is 4.39. The van der Waals surface area contributed by atoms with Crippen molar-refractivity contribution in [1.82, 2.24) is 9.97 Å². The molecule has 2 heterocycles. The van der Waals surface area contributed by atoms with Crippen LogP contribution in [0.4, 0.5) is 0 Å². The third-order valence-electron chi connectivity index (χ3n) is 3.35. The topological polar surface area (TPSA) is 25.8 Å². The van der Waals surface area contributed by atoms with Gasteiger partial charge in [-0.1, -0.05) is 26.8 Å². The van der Waals surface area contributed by atoms with E-state index in [9.17, 15) is 0 Å². The minimum atomic E-state index is 0.187. The zero-order valence-electron chi connectivity index (χ0n) is 10.6. The van der Waals surface area contributed by atoms with Gasteiger partial charge in [-0.25, -0.2) is 0 Å². The highest BCUT2D eigenvalue weighted by Crippen LogP contribution is 2.28. The van der Waals surface area contributed by atoms with Gasteiger partial charge in [0.25, 0.3) is 0 Å². The van der Waals surface area contributed by atoms with E-state index in [4.69, 9.17) is 0 Å². The highest BCUT2D eigenvalue weighted by Gasteiger charge is 2.18. The van der Waals surface area contributed by atoms with Gasteiger partial charge >= 0.3 is 0 Å². The summed E-state index contributed by atoms with van der Waals surface area (Å²) in [6.45, 7) is 6.72. The number of hydrogen-bond donors (Lipinski definition) is 0. The van der Waals surface area contributed by atoms with Gasteiger partial charge in [-0.15, -0.1) is 0 Å². The van der Waals surface area contributed by atoms with E-state index in [2.05, 4.69) is 42.9 Å². The molecule has 2 heteroatoms. The Hall–Kier alpha value is -1.70. The van der Waals surface area contributed by atoms with Crippen LogP contribution in [0.2, 0.25) is 0 Å². The molecule has 0 bridgehead atoms. The van der Waals surface area contributed by atoms with Crippen molar-refractivity contribution in [1.29, 1.82) is 0 Å². The second-order valence-corrected chi connectivity index (χ2v) is 4.88.